The van der Waals surface area contributed by atoms with Gasteiger partial charge in [-0.1, -0.05) is 6.92 Å². The molecule has 4 heteroatoms. The van der Waals surface area contributed by atoms with Gasteiger partial charge in [0.2, 0.25) is 0 Å². The van der Waals surface area contributed by atoms with Crippen molar-refractivity contribution in [1.29, 1.82) is 0 Å². The molecule has 0 aromatic carbocycles. The van der Waals surface area contributed by atoms with Crippen LogP contribution in [0.3, 0.4) is 0 Å². The average molecular weight is 262 g/mol. The first kappa shape index (κ1) is 12.9. The van der Waals surface area contributed by atoms with Crippen LogP contribution in [0.4, 0.5) is 5.82 Å². The minimum absolute atomic E-state index is 0.0843. The van der Waals surface area contributed by atoms with Crippen molar-refractivity contribution in [3.8, 4) is 0 Å². The fourth-order valence-electron chi connectivity index (χ4n) is 3.26. The van der Waals surface area contributed by atoms with E-state index in [0.717, 1.165) is 36.6 Å². The molecule has 1 aromatic rings. The molecule has 104 valence electrons. The molecular weight excluding hydrogens is 240 g/mol. The molecule has 19 heavy (non-hydrogen) atoms. The van der Waals surface area contributed by atoms with Crippen molar-refractivity contribution in [1.82, 2.24) is 4.98 Å². The van der Waals surface area contributed by atoms with Crippen LogP contribution < -0.4 is 4.90 Å². The molecule has 1 N–H and O–H groups in total. The Morgan fingerprint density at radius 2 is 2.32 bits per heavy atom. The highest BCUT2D eigenvalue weighted by Gasteiger charge is 2.36. The van der Waals surface area contributed by atoms with Crippen molar-refractivity contribution in [2.45, 2.75) is 51.4 Å². The Balaban J connectivity index is 1.91. The van der Waals surface area contributed by atoms with Gasteiger partial charge in [-0.15, -0.1) is 0 Å². The zero-order valence-corrected chi connectivity index (χ0v) is 11.5. The molecule has 1 aromatic heterocycles. The van der Waals surface area contributed by atoms with E-state index >= 15 is 0 Å². The summed E-state index contributed by atoms with van der Waals surface area (Å²) in [6, 6.07) is 4.50. The zero-order chi connectivity index (χ0) is 13.2. The van der Waals surface area contributed by atoms with Gasteiger partial charge in [-0.3, -0.25) is 0 Å². The van der Waals surface area contributed by atoms with Crippen molar-refractivity contribution in [3.63, 3.8) is 0 Å². The van der Waals surface area contributed by atoms with Crippen LogP contribution in [0.2, 0.25) is 0 Å². The highest BCUT2D eigenvalue weighted by molar-refractivity contribution is 5.45. The van der Waals surface area contributed by atoms with Crippen molar-refractivity contribution >= 4 is 5.82 Å². The van der Waals surface area contributed by atoms with Crippen molar-refractivity contribution in [2.24, 2.45) is 0 Å². The second-order valence-corrected chi connectivity index (χ2v) is 5.44. The number of fused-ring (bicyclic) bond motifs is 1. The van der Waals surface area contributed by atoms with Crippen LogP contribution in [-0.2, 0) is 17.8 Å². The number of aliphatic hydroxyl groups is 1. The maximum absolute atomic E-state index is 9.40. The largest absolute Gasteiger partial charge is 0.392 e. The van der Waals surface area contributed by atoms with Gasteiger partial charge in [-0.05, 0) is 43.4 Å². The monoisotopic (exact) mass is 262 g/mol. The molecule has 1 saturated carbocycles. The number of anilines is 1. The Morgan fingerprint density at radius 3 is 3.11 bits per heavy atom. The number of hydrogen-bond donors (Lipinski definition) is 1. The normalized spacial score (nSPS) is 26.5. The van der Waals surface area contributed by atoms with E-state index < -0.39 is 0 Å². The fraction of sp³-hybridized carbons (Fsp3) is 0.667. The SMILES string of the molecule is CCc1cc(CO)cc(N2CCOC3CCCC32)n1. The first-order valence-corrected chi connectivity index (χ1v) is 7.30. The van der Waals surface area contributed by atoms with Gasteiger partial charge in [-0.2, -0.15) is 0 Å². The lowest BCUT2D eigenvalue weighted by Gasteiger charge is -2.38. The molecule has 3 rings (SSSR count). The molecule has 1 aliphatic carbocycles. The first-order valence-electron chi connectivity index (χ1n) is 7.30. The number of aryl methyl sites for hydroxylation is 1. The summed E-state index contributed by atoms with van der Waals surface area (Å²) in [6.45, 7) is 3.88. The van der Waals surface area contributed by atoms with Crippen LogP contribution in [0.15, 0.2) is 12.1 Å². The van der Waals surface area contributed by atoms with Gasteiger partial charge in [0.1, 0.15) is 5.82 Å². The topological polar surface area (TPSA) is 45.6 Å². The second-order valence-electron chi connectivity index (χ2n) is 5.44. The molecule has 2 heterocycles. The predicted molar refractivity (Wildman–Crippen MR) is 74.3 cm³/mol. The predicted octanol–water partition coefficient (Wildman–Crippen LogP) is 1.89. The van der Waals surface area contributed by atoms with E-state index in [0.29, 0.717) is 12.1 Å². The van der Waals surface area contributed by atoms with E-state index in [1.165, 1.54) is 19.3 Å². The lowest BCUT2D eigenvalue weighted by Crippen LogP contribution is -2.49. The molecule has 1 saturated heterocycles. The lowest BCUT2D eigenvalue weighted by atomic mass is 10.1. The molecule has 1 aliphatic heterocycles. The molecule has 2 aliphatic rings. The number of rotatable bonds is 3. The highest BCUT2D eigenvalue weighted by atomic mass is 16.5. The molecule has 0 spiro atoms. The van der Waals surface area contributed by atoms with Gasteiger partial charge in [0.25, 0.3) is 0 Å². The molecule has 0 bridgehead atoms. The molecule has 2 atom stereocenters. The maximum Gasteiger partial charge on any atom is 0.129 e. The number of ether oxygens (including phenoxy) is 1. The smallest absolute Gasteiger partial charge is 0.129 e. The van der Waals surface area contributed by atoms with Crippen LogP contribution >= 0.6 is 0 Å². The van der Waals surface area contributed by atoms with Crippen LogP contribution in [0.25, 0.3) is 0 Å². The summed E-state index contributed by atoms with van der Waals surface area (Å²) in [5.74, 6) is 1.02. The van der Waals surface area contributed by atoms with E-state index in [1.54, 1.807) is 0 Å². The Morgan fingerprint density at radius 1 is 1.42 bits per heavy atom. The molecule has 4 nitrogen and oxygen atoms in total. The molecule has 2 fully saturated rings. The minimum atomic E-state index is 0.0843. The third-order valence-corrected chi connectivity index (χ3v) is 4.25. The van der Waals surface area contributed by atoms with Crippen molar-refractivity contribution in [3.05, 3.63) is 23.4 Å². The van der Waals surface area contributed by atoms with Crippen LogP contribution in [0, 0.1) is 0 Å². The van der Waals surface area contributed by atoms with Crippen molar-refractivity contribution < 1.29 is 9.84 Å². The van der Waals surface area contributed by atoms with E-state index in [-0.39, 0.29) is 6.61 Å². The van der Waals surface area contributed by atoms with E-state index in [9.17, 15) is 5.11 Å². The van der Waals surface area contributed by atoms with Crippen LogP contribution in [0.1, 0.15) is 37.4 Å². The molecule has 0 radical (unpaired) electrons. The van der Waals surface area contributed by atoms with Crippen molar-refractivity contribution in [2.75, 3.05) is 18.1 Å². The summed E-state index contributed by atoms with van der Waals surface area (Å²) < 4.78 is 5.85. The van der Waals surface area contributed by atoms with Gasteiger partial charge in [0.15, 0.2) is 0 Å². The average Bonchev–Trinajstić information content (AvgIpc) is 2.94. The van der Waals surface area contributed by atoms with Gasteiger partial charge >= 0.3 is 0 Å². The van der Waals surface area contributed by atoms with E-state index in [2.05, 4.69) is 11.8 Å². The standard InChI is InChI=1S/C15H22N2O2/c1-2-12-8-11(10-18)9-15(16-12)17-6-7-19-14-5-3-4-13(14)17/h8-9,13-14,18H,2-7,10H2,1H3. The van der Waals surface area contributed by atoms with Gasteiger partial charge in [0.05, 0.1) is 25.4 Å². The maximum atomic E-state index is 9.40. The van der Waals surface area contributed by atoms with Gasteiger partial charge in [0, 0.05) is 12.2 Å². The fourth-order valence-corrected chi connectivity index (χ4v) is 3.26. The number of morpholine rings is 1. The molecule has 2 unspecified atom stereocenters. The number of aliphatic hydroxyl groups excluding tert-OH is 1. The highest BCUT2D eigenvalue weighted by Crippen LogP contribution is 2.32. The number of hydrogen-bond acceptors (Lipinski definition) is 4. The summed E-state index contributed by atoms with van der Waals surface area (Å²) in [4.78, 5) is 7.13. The summed E-state index contributed by atoms with van der Waals surface area (Å²) >= 11 is 0. The minimum Gasteiger partial charge on any atom is -0.392 e. The first-order chi connectivity index (χ1) is 9.31. The number of pyridine rings is 1. The Kier molecular flexibility index (Phi) is 3.71. The summed E-state index contributed by atoms with van der Waals surface area (Å²) in [5.41, 5.74) is 2.02. The van der Waals surface area contributed by atoms with E-state index in [1.807, 2.05) is 12.1 Å². The summed E-state index contributed by atoms with van der Waals surface area (Å²) in [5, 5.41) is 9.40. The number of aromatic nitrogens is 1. The Labute approximate surface area is 114 Å². The third-order valence-electron chi connectivity index (χ3n) is 4.25. The van der Waals surface area contributed by atoms with Crippen LogP contribution in [0.5, 0.6) is 0 Å². The number of nitrogens with zero attached hydrogens (tertiary/aromatic N) is 2. The third kappa shape index (κ3) is 2.47. The molecular formula is C15H22N2O2. The van der Waals surface area contributed by atoms with E-state index in [4.69, 9.17) is 9.72 Å². The Bertz CT molecular complexity index is 428. The second kappa shape index (κ2) is 5.47. The van der Waals surface area contributed by atoms with Gasteiger partial charge < -0.3 is 14.7 Å². The molecule has 0 amide bonds. The Hall–Kier alpha value is -1.13. The summed E-state index contributed by atoms with van der Waals surface area (Å²) in [6.07, 6.45) is 4.88. The lowest BCUT2D eigenvalue weighted by molar-refractivity contribution is 0.0253. The zero-order valence-electron chi connectivity index (χ0n) is 11.5. The van der Waals surface area contributed by atoms with Gasteiger partial charge in [-0.25, -0.2) is 4.98 Å². The van der Waals surface area contributed by atoms with Crippen LogP contribution in [-0.4, -0.2) is 35.4 Å². The quantitative estimate of drug-likeness (QED) is 0.903. The summed E-state index contributed by atoms with van der Waals surface area (Å²) in [7, 11) is 0.